The van der Waals surface area contributed by atoms with E-state index >= 15 is 0 Å². The SMILES string of the molecule is COC(OC)C1c2[nH]c3ccccc3c2CCN1Cc1ccccc1. The molecule has 2 heterocycles. The number of hydrogen-bond acceptors (Lipinski definition) is 3. The van der Waals surface area contributed by atoms with E-state index in [1.165, 1.54) is 27.7 Å². The molecule has 0 saturated heterocycles. The van der Waals surface area contributed by atoms with Gasteiger partial charge in [0, 0.05) is 43.9 Å². The Balaban J connectivity index is 1.76. The molecule has 4 rings (SSSR count). The number of hydrogen-bond donors (Lipinski definition) is 1. The molecular formula is C21H24N2O2. The highest BCUT2D eigenvalue weighted by Crippen LogP contribution is 2.38. The van der Waals surface area contributed by atoms with Gasteiger partial charge in [-0.05, 0) is 23.6 Å². The van der Waals surface area contributed by atoms with Gasteiger partial charge < -0.3 is 14.5 Å². The van der Waals surface area contributed by atoms with Gasteiger partial charge in [-0.1, -0.05) is 48.5 Å². The first kappa shape index (κ1) is 16.3. The standard InChI is InChI=1S/C21H24N2O2/c1-24-21(25-2)20-19-17(16-10-6-7-11-18(16)22-19)12-13-23(20)14-15-8-4-3-5-9-15/h3-11,20-22H,12-14H2,1-2H3. The number of nitrogens with zero attached hydrogens (tertiary/aromatic N) is 1. The number of benzene rings is 2. The second-order valence-electron chi connectivity index (χ2n) is 6.55. The first-order valence-corrected chi connectivity index (χ1v) is 8.75. The summed E-state index contributed by atoms with van der Waals surface area (Å²) in [4.78, 5) is 6.08. The van der Waals surface area contributed by atoms with Gasteiger partial charge in [0.2, 0.25) is 0 Å². The van der Waals surface area contributed by atoms with Gasteiger partial charge in [0.25, 0.3) is 0 Å². The Morgan fingerprint density at radius 3 is 2.52 bits per heavy atom. The average Bonchev–Trinajstić information content (AvgIpc) is 3.03. The largest absolute Gasteiger partial charge is 0.357 e. The van der Waals surface area contributed by atoms with Crippen molar-refractivity contribution in [2.24, 2.45) is 0 Å². The van der Waals surface area contributed by atoms with Crippen LogP contribution in [0.5, 0.6) is 0 Å². The van der Waals surface area contributed by atoms with E-state index in [2.05, 4.69) is 64.5 Å². The molecule has 1 atom stereocenters. The Labute approximate surface area is 148 Å². The fraction of sp³-hybridized carbons (Fsp3) is 0.333. The van der Waals surface area contributed by atoms with E-state index < -0.39 is 0 Å². The number of rotatable bonds is 5. The number of ether oxygens (including phenoxy) is 2. The topological polar surface area (TPSA) is 37.5 Å². The molecule has 3 aromatic rings. The monoisotopic (exact) mass is 336 g/mol. The van der Waals surface area contributed by atoms with E-state index in [4.69, 9.17) is 9.47 Å². The van der Waals surface area contributed by atoms with Crippen molar-refractivity contribution in [1.29, 1.82) is 0 Å². The molecule has 1 unspecified atom stereocenters. The Kier molecular flexibility index (Phi) is 4.57. The molecular weight excluding hydrogens is 312 g/mol. The zero-order chi connectivity index (χ0) is 17.2. The molecule has 1 N–H and O–H groups in total. The number of aromatic amines is 1. The van der Waals surface area contributed by atoms with Crippen molar-refractivity contribution < 1.29 is 9.47 Å². The molecule has 4 nitrogen and oxygen atoms in total. The van der Waals surface area contributed by atoms with Crippen molar-refractivity contribution in [3.05, 3.63) is 71.4 Å². The van der Waals surface area contributed by atoms with Gasteiger partial charge in [0.05, 0.1) is 0 Å². The molecule has 2 aromatic carbocycles. The van der Waals surface area contributed by atoms with Crippen LogP contribution in [0.4, 0.5) is 0 Å². The molecule has 4 heteroatoms. The van der Waals surface area contributed by atoms with Crippen LogP contribution in [0.2, 0.25) is 0 Å². The summed E-state index contributed by atoms with van der Waals surface area (Å²) in [6.45, 7) is 1.86. The maximum absolute atomic E-state index is 5.68. The highest BCUT2D eigenvalue weighted by Gasteiger charge is 2.36. The quantitative estimate of drug-likeness (QED) is 0.718. The van der Waals surface area contributed by atoms with Gasteiger partial charge in [-0.15, -0.1) is 0 Å². The Hall–Kier alpha value is -2.14. The van der Waals surface area contributed by atoms with Crippen LogP contribution in [0.1, 0.15) is 22.9 Å². The smallest absolute Gasteiger partial charge is 0.177 e. The summed E-state index contributed by atoms with van der Waals surface area (Å²) in [5.41, 5.74) is 5.10. The fourth-order valence-electron chi connectivity index (χ4n) is 3.98. The lowest BCUT2D eigenvalue weighted by Crippen LogP contribution is -2.42. The molecule has 0 amide bonds. The summed E-state index contributed by atoms with van der Waals surface area (Å²) < 4.78 is 11.4. The van der Waals surface area contributed by atoms with Gasteiger partial charge in [0.15, 0.2) is 6.29 Å². The summed E-state index contributed by atoms with van der Waals surface area (Å²) in [6, 6.07) is 19.1. The molecule has 0 spiro atoms. The van der Waals surface area contributed by atoms with Crippen LogP contribution in [0, 0.1) is 0 Å². The predicted octanol–water partition coefficient (Wildman–Crippen LogP) is 3.89. The molecule has 0 radical (unpaired) electrons. The van der Waals surface area contributed by atoms with Crippen LogP contribution in [-0.2, 0) is 22.4 Å². The first-order valence-electron chi connectivity index (χ1n) is 8.75. The molecule has 1 aromatic heterocycles. The van der Waals surface area contributed by atoms with Crippen molar-refractivity contribution in [2.45, 2.75) is 25.3 Å². The van der Waals surface area contributed by atoms with Crippen molar-refractivity contribution in [2.75, 3.05) is 20.8 Å². The van der Waals surface area contributed by atoms with Crippen molar-refractivity contribution in [3.63, 3.8) is 0 Å². The Morgan fingerprint density at radius 1 is 1.04 bits per heavy atom. The summed E-state index contributed by atoms with van der Waals surface area (Å²) >= 11 is 0. The summed E-state index contributed by atoms with van der Waals surface area (Å²) in [7, 11) is 3.43. The van der Waals surface area contributed by atoms with E-state index in [0.29, 0.717) is 0 Å². The summed E-state index contributed by atoms with van der Waals surface area (Å²) in [5, 5.41) is 1.31. The lowest BCUT2D eigenvalue weighted by molar-refractivity contribution is -0.153. The third kappa shape index (κ3) is 2.97. The van der Waals surface area contributed by atoms with Gasteiger partial charge >= 0.3 is 0 Å². The third-order valence-corrected chi connectivity index (χ3v) is 5.14. The van der Waals surface area contributed by atoms with Crippen LogP contribution >= 0.6 is 0 Å². The Morgan fingerprint density at radius 2 is 1.76 bits per heavy atom. The normalized spacial score (nSPS) is 18.0. The van der Waals surface area contributed by atoms with E-state index in [0.717, 1.165) is 19.5 Å². The molecule has 25 heavy (non-hydrogen) atoms. The summed E-state index contributed by atoms with van der Waals surface area (Å²) in [5.74, 6) is 0. The van der Waals surface area contributed by atoms with Crippen molar-refractivity contribution >= 4 is 10.9 Å². The molecule has 130 valence electrons. The van der Waals surface area contributed by atoms with Crippen LogP contribution < -0.4 is 0 Å². The average molecular weight is 336 g/mol. The molecule has 0 bridgehead atoms. The van der Waals surface area contributed by atoms with Crippen molar-refractivity contribution in [3.8, 4) is 0 Å². The van der Waals surface area contributed by atoms with Crippen molar-refractivity contribution in [1.82, 2.24) is 9.88 Å². The maximum Gasteiger partial charge on any atom is 0.177 e. The lowest BCUT2D eigenvalue weighted by Gasteiger charge is -2.39. The maximum atomic E-state index is 5.68. The molecule has 1 aliphatic heterocycles. The lowest BCUT2D eigenvalue weighted by atomic mass is 9.96. The van der Waals surface area contributed by atoms with Gasteiger partial charge in [-0.2, -0.15) is 0 Å². The fourth-order valence-corrected chi connectivity index (χ4v) is 3.98. The Bertz CT molecular complexity index is 839. The number of para-hydroxylation sites is 1. The molecule has 0 fully saturated rings. The first-order chi connectivity index (χ1) is 12.3. The van der Waals surface area contributed by atoms with E-state index in [1.54, 1.807) is 14.2 Å². The number of aromatic nitrogens is 1. The minimum absolute atomic E-state index is 0.0476. The number of methoxy groups -OCH3 is 2. The van der Waals surface area contributed by atoms with E-state index in [1.807, 2.05) is 0 Å². The third-order valence-electron chi connectivity index (χ3n) is 5.14. The minimum Gasteiger partial charge on any atom is -0.357 e. The van der Waals surface area contributed by atoms with E-state index in [9.17, 15) is 0 Å². The number of fused-ring (bicyclic) bond motifs is 3. The van der Waals surface area contributed by atoms with Gasteiger partial charge in [0.1, 0.15) is 6.04 Å². The van der Waals surface area contributed by atoms with Crippen LogP contribution in [0.25, 0.3) is 10.9 Å². The van der Waals surface area contributed by atoms with E-state index in [-0.39, 0.29) is 12.3 Å². The zero-order valence-electron chi connectivity index (χ0n) is 14.7. The zero-order valence-corrected chi connectivity index (χ0v) is 14.7. The molecule has 1 aliphatic rings. The van der Waals surface area contributed by atoms with Gasteiger partial charge in [-0.3, -0.25) is 4.90 Å². The van der Waals surface area contributed by atoms with Crippen LogP contribution in [0.15, 0.2) is 54.6 Å². The second-order valence-corrected chi connectivity index (χ2v) is 6.55. The van der Waals surface area contributed by atoms with Crippen LogP contribution in [0.3, 0.4) is 0 Å². The predicted molar refractivity (Wildman–Crippen MR) is 99.4 cm³/mol. The molecule has 0 saturated carbocycles. The number of H-pyrrole nitrogens is 1. The van der Waals surface area contributed by atoms with Crippen LogP contribution in [-0.4, -0.2) is 36.9 Å². The molecule has 0 aliphatic carbocycles. The summed E-state index contributed by atoms with van der Waals surface area (Å²) in [6.07, 6.45) is 0.721. The highest BCUT2D eigenvalue weighted by atomic mass is 16.7. The number of nitrogens with one attached hydrogen (secondary N) is 1. The minimum atomic E-state index is -0.309. The second kappa shape index (κ2) is 7.00. The van der Waals surface area contributed by atoms with Gasteiger partial charge in [-0.25, -0.2) is 0 Å². The highest BCUT2D eigenvalue weighted by molar-refractivity contribution is 5.85.